The third-order valence-electron chi connectivity index (χ3n) is 5.54. The Kier molecular flexibility index (Phi) is 8.79. The zero-order valence-electron chi connectivity index (χ0n) is 19.2. The summed E-state index contributed by atoms with van der Waals surface area (Å²) in [6.45, 7) is 1.27. The van der Waals surface area contributed by atoms with Crippen LogP contribution in [0.15, 0.2) is 52.0 Å². The molecule has 3 amide bonds. The Morgan fingerprint density at radius 3 is 2.75 bits per heavy atom. The van der Waals surface area contributed by atoms with Gasteiger partial charge in [-0.25, -0.2) is 0 Å². The van der Waals surface area contributed by atoms with Gasteiger partial charge in [0.15, 0.2) is 0 Å². The SMILES string of the molecule is COCCCNC(=O)Cn1cc(/C=C2\SC(=O)N(Cc3ccc(Cl)cc3Cl)C2=O)c2cc(Br)ccc21. The molecule has 0 unspecified atom stereocenters. The van der Waals surface area contributed by atoms with Crippen molar-refractivity contribution in [3.63, 3.8) is 0 Å². The normalized spacial score (nSPS) is 14.9. The molecule has 4 rings (SSSR count). The second-order valence-corrected chi connectivity index (χ2v) is 10.8. The zero-order valence-corrected chi connectivity index (χ0v) is 23.1. The highest BCUT2D eigenvalue weighted by Crippen LogP contribution is 2.36. The standard InChI is InChI=1S/C25H22BrCl2N3O4S/c1-35-8-2-7-29-23(32)14-30-12-16(19-10-17(26)4-6-21(19)30)9-22-24(33)31(25(34)36-22)13-15-3-5-18(27)11-20(15)28/h3-6,9-12H,2,7-8,13-14H2,1H3,(H,29,32)/b22-9-. The van der Waals surface area contributed by atoms with Gasteiger partial charge in [0.1, 0.15) is 6.54 Å². The number of hydrogen-bond donors (Lipinski definition) is 1. The van der Waals surface area contributed by atoms with Crippen LogP contribution in [0.3, 0.4) is 0 Å². The first-order valence-corrected chi connectivity index (χ1v) is 13.4. The molecule has 2 aromatic carbocycles. The number of aromatic nitrogens is 1. The topological polar surface area (TPSA) is 80.6 Å². The summed E-state index contributed by atoms with van der Waals surface area (Å²) in [7, 11) is 1.62. The van der Waals surface area contributed by atoms with Crippen LogP contribution in [-0.2, 0) is 27.4 Å². The van der Waals surface area contributed by atoms with Gasteiger partial charge >= 0.3 is 0 Å². The average Bonchev–Trinajstić information content (AvgIpc) is 3.29. The van der Waals surface area contributed by atoms with Crippen molar-refractivity contribution in [3.05, 3.63) is 73.1 Å². The minimum absolute atomic E-state index is 0.0502. The number of thioether (sulfide) groups is 1. The molecule has 7 nitrogen and oxygen atoms in total. The van der Waals surface area contributed by atoms with Crippen LogP contribution in [0.1, 0.15) is 17.5 Å². The van der Waals surface area contributed by atoms with E-state index in [1.165, 1.54) is 0 Å². The second-order valence-electron chi connectivity index (χ2n) is 8.07. The van der Waals surface area contributed by atoms with E-state index in [1.807, 2.05) is 29.0 Å². The second kappa shape index (κ2) is 11.8. The minimum Gasteiger partial charge on any atom is -0.385 e. The predicted molar refractivity (Wildman–Crippen MR) is 147 cm³/mol. The maximum Gasteiger partial charge on any atom is 0.293 e. The van der Waals surface area contributed by atoms with E-state index in [0.717, 1.165) is 44.0 Å². The number of carbonyl (C=O) groups excluding carboxylic acids is 3. The van der Waals surface area contributed by atoms with E-state index < -0.39 is 5.91 Å². The number of halogens is 3. The number of ether oxygens (including phenoxy) is 1. The van der Waals surface area contributed by atoms with Crippen LogP contribution in [0.5, 0.6) is 0 Å². The van der Waals surface area contributed by atoms with E-state index >= 15 is 0 Å². The van der Waals surface area contributed by atoms with Gasteiger partial charge in [-0.05, 0) is 60.2 Å². The third-order valence-corrected chi connectivity index (χ3v) is 7.53. The van der Waals surface area contributed by atoms with E-state index in [0.29, 0.717) is 33.7 Å². The highest BCUT2D eigenvalue weighted by atomic mass is 79.9. The number of nitrogens with one attached hydrogen (secondary N) is 1. The fourth-order valence-electron chi connectivity index (χ4n) is 3.80. The number of fused-ring (bicyclic) bond motifs is 1. The van der Waals surface area contributed by atoms with Crippen LogP contribution in [-0.4, -0.2) is 46.8 Å². The molecule has 1 fully saturated rings. The molecule has 0 bridgehead atoms. The Hall–Kier alpha value is -2.30. The van der Waals surface area contributed by atoms with Gasteiger partial charge in [0.2, 0.25) is 5.91 Å². The largest absolute Gasteiger partial charge is 0.385 e. The van der Waals surface area contributed by atoms with Crippen molar-refractivity contribution in [2.24, 2.45) is 0 Å². The fourth-order valence-corrected chi connectivity index (χ4v) is 5.45. The third kappa shape index (κ3) is 6.15. The summed E-state index contributed by atoms with van der Waals surface area (Å²) in [5, 5.41) is 4.22. The summed E-state index contributed by atoms with van der Waals surface area (Å²) in [5.74, 6) is -0.527. The number of amides is 3. The number of methoxy groups -OCH3 is 1. The minimum atomic E-state index is -0.400. The quantitative estimate of drug-likeness (QED) is 0.234. The molecule has 3 aromatic rings. The van der Waals surface area contributed by atoms with Crippen LogP contribution in [0.4, 0.5) is 4.79 Å². The highest BCUT2D eigenvalue weighted by Gasteiger charge is 2.35. The fraction of sp³-hybridized carbons (Fsp3) is 0.240. The molecule has 0 saturated carbocycles. The van der Waals surface area contributed by atoms with Crippen LogP contribution in [0.2, 0.25) is 10.0 Å². The number of imide groups is 1. The molecule has 0 spiro atoms. The number of nitrogens with zero attached hydrogens (tertiary/aromatic N) is 2. The van der Waals surface area contributed by atoms with E-state index in [1.54, 1.807) is 31.4 Å². The summed E-state index contributed by atoms with van der Waals surface area (Å²) >= 11 is 16.6. The average molecular weight is 611 g/mol. The van der Waals surface area contributed by atoms with E-state index in [2.05, 4.69) is 21.2 Å². The molecule has 1 aromatic heterocycles. The lowest BCUT2D eigenvalue weighted by Gasteiger charge is -2.13. The van der Waals surface area contributed by atoms with Gasteiger partial charge in [0.05, 0.1) is 11.4 Å². The lowest BCUT2D eigenvalue weighted by Crippen LogP contribution is -2.28. The molecule has 1 aliphatic heterocycles. The van der Waals surface area contributed by atoms with Gasteiger partial charge < -0.3 is 14.6 Å². The summed E-state index contributed by atoms with van der Waals surface area (Å²) < 4.78 is 7.70. The van der Waals surface area contributed by atoms with Crippen LogP contribution < -0.4 is 5.32 Å². The van der Waals surface area contributed by atoms with Crippen molar-refractivity contribution in [2.75, 3.05) is 20.3 Å². The summed E-state index contributed by atoms with van der Waals surface area (Å²) in [5.41, 5.74) is 2.19. The maximum absolute atomic E-state index is 13.1. The van der Waals surface area contributed by atoms with Crippen molar-refractivity contribution >= 4 is 84.9 Å². The molecule has 2 heterocycles. The van der Waals surface area contributed by atoms with Gasteiger partial charge in [-0.1, -0.05) is 45.2 Å². The summed E-state index contributed by atoms with van der Waals surface area (Å²) in [6, 6.07) is 10.7. The zero-order chi connectivity index (χ0) is 25.8. The Morgan fingerprint density at radius 1 is 1.19 bits per heavy atom. The first-order chi connectivity index (χ1) is 17.3. The summed E-state index contributed by atoms with van der Waals surface area (Å²) in [4.78, 5) is 39.7. The molecule has 11 heteroatoms. The van der Waals surface area contributed by atoms with E-state index in [-0.39, 0.29) is 24.2 Å². The predicted octanol–water partition coefficient (Wildman–Crippen LogP) is 6.10. The summed E-state index contributed by atoms with van der Waals surface area (Å²) in [6.07, 6.45) is 4.23. The van der Waals surface area contributed by atoms with E-state index in [4.69, 9.17) is 27.9 Å². The van der Waals surface area contributed by atoms with Gasteiger partial charge in [-0.2, -0.15) is 0 Å². The van der Waals surface area contributed by atoms with Crippen molar-refractivity contribution < 1.29 is 19.1 Å². The Bertz CT molecular complexity index is 1370. The lowest BCUT2D eigenvalue weighted by atomic mass is 10.1. The Labute approximate surface area is 230 Å². The molecule has 0 radical (unpaired) electrons. The van der Waals surface area contributed by atoms with Crippen LogP contribution in [0, 0.1) is 0 Å². The van der Waals surface area contributed by atoms with Gasteiger partial charge in [-0.3, -0.25) is 19.3 Å². The molecular formula is C25H22BrCl2N3O4S. The molecule has 1 N–H and O–H groups in total. The first-order valence-electron chi connectivity index (χ1n) is 11.0. The first kappa shape index (κ1) is 26.8. The molecule has 0 atom stereocenters. The number of hydrogen-bond acceptors (Lipinski definition) is 5. The number of benzene rings is 2. The van der Waals surface area contributed by atoms with Crippen molar-refractivity contribution in [3.8, 4) is 0 Å². The Balaban J connectivity index is 1.58. The maximum atomic E-state index is 13.1. The van der Waals surface area contributed by atoms with Crippen molar-refractivity contribution in [2.45, 2.75) is 19.5 Å². The molecule has 0 aliphatic carbocycles. The van der Waals surface area contributed by atoms with Gasteiger partial charge in [0, 0.05) is 57.4 Å². The van der Waals surface area contributed by atoms with Crippen molar-refractivity contribution in [1.29, 1.82) is 0 Å². The number of carbonyl (C=O) groups is 3. The molecule has 1 saturated heterocycles. The molecule has 188 valence electrons. The highest BCUT2D eigenvalue weighted by molar-refractivity contribution is 9.10. The van der Waals surface area contributed by atoms with Gasteiger partial charge in [-0.15, -0.1) is 0 Å². The van der Waals surface area contributed by atoms with Crippen molar-refractivity contribution in [1.82, 2.24) is 14.8 Å². The number of rotatable bonds is 9. The van der Waals surface area contributed by atoms with Crippen LogP contribution in [0.25, 0.3) is 17.0 Å². The molecule has 1 aliphatic rings. The molecule has 36 heavy (non-hydrogen) atoms. The monoisotopic (exact) mass is 609 g/mol. The van der Waals surface area contributed by atoms with E-state index in [9.17, 15) is 14.4 Å². The lowest BCUT2D eigenvalue weighted by molar-refractivity contribution is -0.123. The van der Waals surface area contributed by atoms with Gasteiger partial charge in [0.25, 0.3) is 11.1 Å². The smallest absolute Gasteiger partial charge is 0.293 e. The Morgan fingerprint density at radius 2 is 2.00 bits per heavy atom. The molecular weight excluding hydrogens is 589 g/mol. The van der Waals surface area contributed by atoms with Crippen LogP contribution >= 0.6 is 50.9 Å².